The number of anilines is 2. The van der Waals surface area contributed by atoms with Gasteiger partial charge in [-0.05, 0) is 72.7 Å². The van der Waals surface area contributed by atoms with Gasteiger partial charge in [0.1, 0.15) is 6.04 Å². The predicted octanol–water partition coefficient (Wildman–Crippen LogP) is 3.33. The Kier molecular flexibility index (Phi) is 6.74. The van der Waals surface area contributed by atoms with Crippen LogP contribution in [0.4, 0.5) is 11.4 Å². The first-order valence-electron chi connectivity index (χ1n) is 9.24. The van der Waals surface area contributed by atoms with Gasteiger partial charge in [-0.25, -0.2) is 0 Å². The molecule has 8 heteroatoms. The average molecular weight is 465 g/mol. The number of piperazine rings is 1. The minimum Gasteiger partial charge on any atom is -0.369 e. The van der Waals surface area contributed by atoms with Crippen LogP contribution in [-0.2, 0) is 4.79 Å². The molecule has 0 aliphatic carbocycles. The third-order valence-electron chi connectivity index (χ3n) is 4.85. The van der Waals surface area contributed by atoms with Crippen LogP contribution in [0.1, 0.15) is 22.2 Å². The number of carbonyl (C=O) groups is 2. The van der Waals surface area contributed by atoms with E-state index in [1.807, 2.05) is 18.2 Å². The zero-order valence-electron chi connectivity index (χ0n) is 16.3. The summed E-state index contributed by atoms with van der Waals surface area (Å²) in [5, 5.41) is 5.63. The summed E-state index contributed by atoms with van der Waals surface area (Å²) < 4.78 is 0.880. The number of nitrogens with zero attached hydrogens (tertiary/aromatic N) is 2. The largest absolute Gasteiger partial charge is 0.369 e. The molecule has 150 valence electrons. The van der Waals surface area contributed by atoms with Crippen LogP contribution in [-0.4, -0.2) is 56.0 Å². The second-order valence-corrected chi connectivity index (χ2v) is 9.54. The molecule has 0 radical (unpaired) electrons. The van der Waals surface area contributed by atoms with Gasteiger partial charge in [0.05, 0.1) is 8.66 Å². The number of thiophene rings is 1. The number of amides is 2. The lowest BCUT2D eigenvalue weighted by Crippen LogP contribution is -2.44. The van der Waals surface area contributed by atoms with E-state index in [1.165, 1.54) is 17.0 Å². The van der Waals surface area contributed by atoms with Crippen molar-refractivity contribution < 1.29 is 9.59 Å². The number of benzene rings is 1. The van der Waals surface area contributed by atoms with E-state index in [0.717, 1.165) is 41.2 Å². The minimum absolute atomic E-state index is 0.240. The van der Waals surface area contributed by atoms with Gasteiger partial charge in [0.25, 0.3) is 5.91 Å². The molecule has 2 N–H and O–H groups in total. The van der Waals surface area contributed by atoms with Crippen molar-refractivity contribution in [2.45, 2.75) is 19.9 Å². The number of nitrogens with one attached hydrogen (secondary N) is 2. The molecule has 1 fully saturated rings. The van der Waals surface area contributed by atoms with Crippen LogP contribution >= 0.6 is 27.3 Å². The Labute approximate surface area is 178 Å². The third kappa shape index (κ3) is 5.12. The van der Waals surface area contributed by atoms with E-state index in [-0.39, 0.29) is 11.8 Å². The highest BCUT2D eigenvalue weighted by Gasteiger charge is 2.19. The molecule has 1 atom stereocenters. The molecule has 2 heterocycles. The number of hydrogen-bond acceptors (Lipinski definition) is 5. The normalized spacial score (nSPS) is 15.9. The molecule has 1 unspecified atom stereocenters. The summed E-state index contributed by atoms with van der Waals surface area (Å²) in [5.74, 6) is -0.490. The van der Waals surface area contributed by atoms with E-state index < -0.39 is 6.04 Å². The van der Waals surface area contributed by atoms with E-state index in [1.54, 1.807) is 13.0 Å². The molecular formula is C20H25BrN4O2S. The topological polar surface area (TPSA) is 64.7 Å². The number of rotatable bonds is 5. The van der Waals surface area contributed by atoms with Crippen LogP contribution in [0.15, 0.2) is 34.1 Å². The van der Waals surface area contributed by atoms with Crippen LogP contribution in [0.5, 0.6) is 0 Å². The maximum Gasteiger partial charge on any atom is 0.262 e. The lowest BCUT2D eigenvalue weighted by atomic mass is 10.1. The van der Waals surface area contributed by atoms with Crippen LogP contribution in [0, 0.1) is 6.92 Å². The van der Waals surface area contributed by atoms with Crippen LogP contribution < -0.4 is 15.5 Å². The first kappa shape index (κ1) is 20.8. The van der Waals surface area contributed by atoms with E-state index in [0.29, 0.717) is 4.88 Å². The molecule has 1 saturated heterocycles. The number of likely N-dealkylation sites (N-methyl/N-ethyl adjacent to an activating group) is 1. The molecule has 1 aliphatic rings. The van der Waals surface area contributed by atoms with Crippen molar-refractivity contribution in [3.8, 4) is 0 Å². The van der Waals surface area contributed by atoms with E-state index in [4.69, 9.17) is 0 Å². The Bertz CT molecular complexity index is 862. The SMILES string of the molecule is Cc1cc(NC(=O)C(C)NC(=O)c2ccc(Br)s2)ccc1N1CCN(C)CC1. The Balaban J connectivity index is 1.59. The summed E-state index contributed by atoms with van der Waals surface area (Å²) in [6, 6.07) is 8.87. The van der Waals surface area contributed by atoms with Gasteiger partial charge in [-0.2, -0.15) is 0 Å². The quantitative estimate of drug-likeness (QED) is 0.711. The van der Waals surface area contributed by atoms with Gasteiger partial charge in [0.15, 0.2) is 0 Å². The molecule has 1 aromatic carbocycles. The van der Waals surface area contributed by atoms with Gasteiger partial charge in [-0.3, -0.25) is 9.59 Å². The van der Waals surface area contributed by atoms with Crippen molar-refractivity contribution >= 4 is 50.5 Å². The van der Waals surface area contributed by atoms with Crippen molar-refractivity contribution in [3.63, 3.8) is 0 Å². The molecule has 3 rings (SSSR count). The zero-order valence-corrected chi connectivity index (χ0v) is 18.7. The Hall–Kier alpha value is -1.90. The summed E-state index contributed by atoms with van der Waals surface area (Å²) in [5.41, 5.74) is 3.07. The van der Waals surface area contributed by atoms with Crippen molar-refractivity contribution in [3.05, 3.63) is 44.6 Å². The number of hydrogen-bond donors (Lipinski definition) is 2. The summed E-state index contributed by atoms with van der Waals surface area (Å²) >= 11 is 4.67. The molecule has 1 aliphatic heterocycles. The summed E-state index contributed by atoms with van der Waals surface area (Å²) in [6.07, 6.45) is 0. The molecule has 0 saturated carbocycles. The van der Waals surface area contributed by atoms with Gasteiger partial charge in [-0.15, -0.1) is 11.3 Å². The molecule has 0 bridgehead atoms. The highest BCUT2D eigenvalue weighted by molar-refractivity contribution is 9.11. The van der Waals surface area contributed by atoms with Crippen molar-refractivity contribution in [1.29, 1.82) is 0 Å². The first-order chi connectivity index (χ1) is 13.3. The monoisotopic (exact) mass is 464 g/mol. The first-order valence-corrected chi connectivity index (χ1v) is 10.9. The lowest BCUT2D eigenvalue weighted by molar-refractivity contribution is -0.117. The van der Waals surface area contributed by atoms with E-state index >= 15 is 0 Å². The zero-order chi connectivity index (χ0) is 20.3. The molecule has 0 spiro atoms. The highest BCUT2D eigenvalue weighted by Crippen LogP contribution is 2.25. The fraction of sp³-hybridized carbons (Fsp3) is 0.400. The Morgan fingerprint density at radius 3 is 2.46 bits per heavy atom. The van der Waals surface area contributed by atoms with Gasteiger partial charge in [-0.1, -0.05) is 0 Å². The van der Waals surface area contributed by atoms with Crippen LogP contribution in [0.2, 0.25) is 0 Å². The maximum absolute atomic E-state index is 12.5. The van der Waals surface area contributed by atoms with Gasteiger partial charge >= 0.3 is 0 Å². The van der Waals surface area contributed by atoms with E-state index in [9.17, 15) is 9.59 Å². The smallest absolute Gasteiger partial charge is 0.262 e. The number of halogens is 1. The van der Waals surface area contributed by atoms with Gasteiger partial charge in [0, 0.05) is 37.6 Å². The van der Waals surface area contributed by atoms with Crippen LogP contribution in [0.25, 0.3) is 0 Å². The maximum atomic E-state index is 12.5. The molecule has 2 aromatic rings. The molecular weight excluding hydrogens is 440 g/mol. The standard InChI is InChI=1S/C20H25BrN4O2S/c1-13-12-15(4-5-16(13)25-10-8-24(3)9-11-25)23-19(26)14(2)22-20(27)17-6-7-18(21)28-17/h4-7,12,14H,8-11H2,1-3H3,(H,22,27)(H,23,26). The summed E-state index contributed by atoms with van der Waals surface area (Å²) in [4.78, 5) is 30.0. The molecule has 28 heavy (non-hydrogen) atoms. The Morgan fingerprint density at radius 1 is 1.14 bits per heavy atom. The van der Waals surface area contributed by atoms with Crippen molar-refractivity contribution in [2.75, 3.05) is 43.4 Å². The van der Waals surface area contributed by atoms with Gasteiger partial charge in [0.2, 0.25) is 5.91 Å². The third-order valence-corrected chi connectivity index (χ3v) is 6.47. The minimum atomic E-state index is -0.633. The fourth-order valence-electron chi connectivity index (χ4n) is 3.16. The lowest BCUT2D eigenvalue weighted by Gasteiger charge is -2.35. The predicted molar refractivity (Wildman–Crippen MR) is 118 cm³/mol. The second kappa shape index (κ2) is 9.07. The molecule has 2 amide bonds. The molecule has 6 nitrogen and oxygen atoms in total. The summed E-state index contributed by atoms with van der Waals surface area (Å²) in [7, 11) is 2.14. The van der Waals surface area contributed by atoms with Crippen LogP contribution in [0.3, 0.4) is 0 Å². The average Bonchev–Trinajstić information content (AvgIpc) is 3.09. The van der Waals surface area contributed by atoms with Crippen molar-refractivity contribution in [2.24, 2.45) is 0 Å². The van der Waals surface area contributed by atoms with Crippen molar-refractivity contribution in [1.82, 2.24) is 10.2 Å². The fourth-order valence-corrected chi connectivity index (χ4v) is 4.44. The summed E-state index contributed by atoms with van der Waals surface area (Å²) in [6.45, 7) is 7.85. The Morgan fingerprint density at radius 2 is 1.86 bits per heavy atom. The number of aryl methyl sites for hydroxylation is 1. The second-order valence-electron chi connectivity index (χ2n) is 7.08. The van der Waals surface area contributed by atoms with E-state index in [2.05, 4.69) is 56.4 Å². The molecule has 1 aromatic heterocycles. The van der Waals surface area contributed by atoms with Gasteiger partial charge < -0.3 is 20.4 Å². The highest BCUT2D eigenvalue weighted by atomic mass is 79.9. The number of carbonyl (C=O) groups excluding carboxylic acids is 2.